The van der Waals surface area contributed by atoms with Crippen molar-refractivity contribution in [1.29, 1.82) is 5.26 Å². The molecule has 2 aromatic rings. The van der Waals surface area contributed by atoms with Crippen molar-refractivity contribution in [2.75, 3.05) is 11.9 Å². The van der Waals surface area contributed by atoms with Crippen LogP contribution in [0.5, 0.6) is 0 Å². The van der Waals surface area contributed by atoms with Gasteiger partial charge in [0.05, 0.1) is 4.91 Å². The number of amides is 1. The van der Waals surface area contributed by atoms with Crippen LogP contribution in [0.25, 0.3) is 6.08 Å². The first-order valence-corrected chi connectivity index (χ1v) is 12.8. The average molecular weight is 515 g/mol. The minimum atomic E-state index is -0.367. The lowest BCUT2D eigenvalue weighted by molar-refractivity contribution is -0.122. The fourth-order valence-corrected chi connectivity index (χ4v) is 5.31. The number of nitrogens with zero attached hydrogens (tertiary/aromatic N) is 3. The number of halogens is 1. The van der Waals surface area contributed by atoms with Gasteiger partial charge in [-0.15, -0.1) is 0 Å². The first-order valence-electron chi connectivity index (χ1n) is 11.2. The molecule has 1 amide bonds. The predicted molar refractivity (Wildman–Crippen MR) is 144 cm³/mol. The zero-order chi connectivity index (χ0) is 24.8. The van der Waals surface area contributed by atoms with E-state index in [1.54, 1.807) is 24.0 Å². The summed E-state index contributed by atoms with van der Waals surface area (Å²) < 4.78 is 2.05. The number of thiocarbonyl (C=S) groups is 1. The van der Waals surface area contributed by atoms with E-state index < -0.39 is 0 Å². The quantitative estimate of drug-likeness (QED) is 0.262. The van der Waals surface area contributed by atoms with Gasteiger partial charge in [-0.3, -0.25) is 19.1 Å². The Bertz CT molecular complexity index is 1250. The molecule has 0 atom stereocenters. The van der Waals surface area contributed by atoms with E-state index in [9.17, 15) is 14.9 Å². The molecule has 2 heterocycles. The largest absolute Gasteiger partial charge is 0.367 e. The van der Waals surface area contributed by atoms with Gasteiger partial charge in [0.2, 0.25) is 0 Å². The standard InChI is InChI=1S/C25H27ClN4O2S2/c1-4-6-9-12-30-24(32)21(34-25(30)33)13-18-16(3)19(14-27)23(31)29(5-2)22(18)28-15-17-10-7-8-11-20(17)26/h7-8,10-11,13,28H,4-6,9,12,15H2,1-3H3/b21-13+. The van der Waals surface area contributed by atoms with E-state index in [0.29, 0.717) is 50.8 Å². The van der Waals surface area contributed by atoms with Crippen LogP contribution in [0.15, 0.2) is 34.0 Å². The summed E-state index contributed by atoms with van der Waals surface area (Å²) >= 11 is 13.0. The molecule has 1 fully saturated rings. The zero-order valence-corrected chi connectivity index (χ0v) is 21.9. The molecular weight excluding hydrogens is 488 g/mol. The van der Waals surface area contributed by atoms with Gasteiger partial charge in [-0.1, -0.05) is 73.5 Å². The van der Waals surface area contributed by atoms with Crippen LogP contribution in [0.1, 0.15) is 55.4 Å². The molecular formula is C25H27ClN4O2S2. The Morgan fingerprint density at radius 1 is 1.24 bits per heavy atom. The molecule has 0 aliphatic carbocycles. The smallest absolute Gasteiger partial charge is 0.270 e. The lowest BCUT2D eigenvalue weighted by atomic mass is 10.0. The minimum Gasteiger partial charge on any atom is -0.367 e. The molecule has 0 spiro atoms. The number of hydrogen-bond acceptors (Lipinski definition) is 6. The molecule has 1 aliphatic rings. The Hall–Kier alpha value is -2.60. The van der Waals surface area contributed by atoms with Crippen molar-refractivity contribution in [2.24, 2.45) is 0 Å². The van der Waals surface area contributed by atoms with Crippen molar-refractivity contribution in [2.45, 2.75) is 53.1 Å². The number of thioether (sulfide) groups is 1. The molecule has 1 N–H and O–H groups in total. The Kier molecular flexibility index (Phi) is 8.95. The number of carbonyl (C=O) groups is 1. The average Bonchev–Trinajstić information content (AvgIpc) is 3.08. The number of benzene rings is 1. The van der Waals surface area contributed by atoms with Crippen LogP contribution in [0.2, 0.25) is 5.02 Å². The van der Waals surface area contributed by atoms with Gasteiger partial charge in [0.15, 0.2) is 0 Å². The maximum Gasteiger partial charge on any atom is 0.270 e. The first-order chi connectivity index (χ1) is 16.3. The van der Waals surface area contributed by atoms with Crippen LogP contribution in [0.4, 0.5) is 5.82 Å². The zero-order valence-electron chi connectivity index (χ0n) is 19.5. The number of carbonyl (C=O) groups excluding carboxylic acids is 1. The summed E-state index contributed by atoms with van der Waals surface area (Å²) in [6.07, 6.45) is 4.72. The summed E-state index contributed by atoms with van der Waals surface area (Å²) in [5.41, 5.74) is 1.71. The molecule has 0 bridgehead atoms. The molecule has 0 radical (unpaired) electrons. The number of rotatable bonds is 9. The van der Waals surface area contributed by atoms with Crippen molar-refractivity contribution in [3.05, 3.63) is 66.8 Å². The number of pyridine rings is 1. The van der Waals surface area contributed by atoms with Crippen LogP contribution in [0.3, 0.4) is 0 Å². The molecule has 9 heteroatoms. The van der Waals surface area contributed by atoms with Gasteiger partial charge in [0.1, 0.15) is 21.8 Å². The molecule has 34 heavy (non-hydrogen) atoms. The summed E-state index contributed by atoms with van der Waals surface area (Å²) in [7, 11) is 0. The van der Waals surface area contributed by atoms with Gasteiger partial charge < -0.3 is 5.32 Å². The minimum absolute atomic E-state index is 0.0646. The molecule has 178 valence electrons. The number of aromatic nitrogens is 1. The Morgan fingerprint density at radius 3 is 2.62 bits per heavy atom. The van der Waals surface area contributed by atoms with Crippen LogP contribution in [0, 0.1) is 18.3 Å². The number of anilines is 1. The molecule has 0 unspecified atom stereocenters. The fraction of sp³-hybridized carbons (Fsp3) is 0.360. The highest BCUT2D eigenvalue weighted by molar-refractivity contribution is 8.26. The van der Waals surface area contributed by atoms with Crippen LogP contribution in [-0.4, -0.2) is 26.2 Å². The number of hydrogen-bond donors (Lipinski definition) is 1. The van der Waals surface area contributed by atoms with Gasteiger partial charge in [-0.05, 0) is 43.5 Å². The highest BCUT2D eigenvalue weighted by Crippen LogP contribution is 2.35. The van der Waals surface area contributed by atoms with E-state index in [1.165, 1.54) is 16.3 Å². The maximum absolute atomic E-state index is 13.1. The SMILES string of the molecule is CCCCCN1C(=O)/C(=C\c2c(C)c(C#N)c(=O)n(CC)c2NCc2ccccc2Cl)SC1=S. The van der Waals surface area contributed by atoms with E-state index in [1.807, 2.05) is 31.2 Å². The van der Waals surface area contributed by atoms with Gasteiger partial charge in [-0.2, -0.15) is 5.26 Å². The van der Waals surface area contributed by atoms with Crippen LogP contribution in [-0.2, 0) is 17.9 Å². The van der Waals surface area contributed by atoms with Crippen molar-refractivity contribution in [3.63, 3.8) is 0 Å². The van der Waals surface area contributed by atoms with Crippen LogP contribution < -0.4 is 10.9 Å². The second-order valence-electron chi connectivity index (χ2n) is 7.91. The maximum atomic E-state index is 13.1. The second-order valence-corrected chi connectivity index (χ2v) is 9.99. The highest BCUT2D eigenvalue weighted by Gasteiger charge is 2.32. The van der Waals surface area contributed by atoms with Crippen LogP contribution >= 0.6 is 35.6 Å². The predicted octanol–water partition coefficient (Wildman–Crippen LogP) is 5.71. The molecule has 1 aliphatic heterocycles. The van der Waals surface area contributed by atoms with E-state index in [-0.39, 0.29) is 17.0 Å². The topological polar surface area (TPSA) is 78.1 Å². The van der Waals surface area contributed by atoms with Crippen molar-refractivity contribution in [1.82, 2.24) is 9.47 Å². The van der Waals surface area contributed by atoms with Gasteiger partial charge >= 0.3 is 0 Å². The first kappa shape index (κ1) is 26.0. The summed E-state index contributed by atoms with van der Waals surface area (Å²) in [5, 5.41) is 13.6. The number of unbranched alkanes of at least 4 members (excludes halogenated alkanes) is 2. The van der Waals surface area contributed by atoms with Gasteiger partial charge in [0, 0.05) is 30.2 Å². The lowest BCUT2D eigenvalue weighted by Crippen LogP contribution is -2.29. The van der Waals surface area contributed by atoms with E-state index >= 15 is 0 Å². The second kappa shape index (κ2) is 11.7. The highest BCUT2D eigenvalue weighted by atomic mass is 35.5. The normalized spacial score (nSPS) is 14.7. The summed E-state index contributed by atoms with van der Waals surface area (Å²) in [4.78, 5) is 28.2. The third-order valence-electron chi connectivity index (χ3n) is 5.73. The molecule has 0 saturated carbocycles. The molecule has 1 aromatic carbocycles. The van der Waals surface area contributed by atoms with E-state index in [0.717, 1.165) is 24.8 Å². The third kappa shape index (κ3) is 5.38. The Morgan fingerprint density at radius 2 is 1.97 bits per heavy atom. The number of nitriles is 1. The number of nitrogens with one attached hydrogen (secondary N) is 1. The summed E-state index contributed by atoms with van der Waals surface area (Å²) in [5.74, 6) is 0.399. The van der Waals surface area contributed by atoms with Crippen molar-refractivity contribution >= 4 is 57.7 Å². The third-order valence-corrected chi connectivity index (χ3v) is 7.48. The molecule has 1 aromatic heterocycles. The van der Waals surface area contributed by atoms with Gasteiger partial charge in [-0.25, -0.2) is 0 Å². The Balaban J connectivity index is 2.07. The van der Waals surface area contributed by atoms with Crippen molar-refractivity contribution in [3.8, 4) is 6.07 Å². The fourth-order valence-electron chi connectivity index (χ4n) is 3.82. The monoisotopic (exact) mass is 514 g/mol. The lowest BCUT2D eigenvalue weighted by Gasteiger charge is -2.19. The van der Waals surface area contributed by atoms with Crippen molar-refractivity contribution < 1.29 is 4.79 Å². The molecule has 3 rings (SSSR count). The molecule has 1 saturated heterocycles. The van der Waals surface area contributed by atoms with E-state index in [4.69, 9.17) is 23.8 Å². The van der Waals surface area contributed by atoms with E-state index in [2.05, 4.69) is 12.2 Å². The summed E-state index contributed by atoms with van der Waals surface area (Å²) in [6, 6.07) is 9.50. The van der Waals surface area contributed by atoms with Gasteiger partial charge in [0.25, 0.3) is 11.5 Å². The Labute approximate surface area is 214 Å². The summed E-state index contributed by atoms with van der Waals surface area (Å²) in [6.45, 7) is 7.01. The molecule has 6 nitrogen and oxygen atoms in total.